The van der Waals surface area contributed by atoms with Crippen LogP contribution in [-0.2, 0) is 4.74 Å². The van der Waals surface area contributed by atoms with E-state index in [1.165, 1.54) is 0 Å². The summed E-state index contributed by atoms with van der Waals surface area (Å²) in [6.45, 7) is 0. The smallest absolute Gasteiger partial charge is 0.356 e. The molecule has 1 aromatic rings. The highest BCUT2D eigenvalue weighted by Crippen LogP contribution is 2.12. The molecule has 0 fully saturated rings. The maximum absolute atomic E-state index is 13.1. The highest BCUT2D eigenvalue weighted by molar-refractivity contribution is 9.10. The first-order chi connectivity index (χ1) is 7.63. The first-order valence-electron chi connectivity index (χ1n) is 5.19. The lowest BCUT2D eigenvalue weighted by atomic mass is 10.3. The van der Waals surface area contributed by atoms with E-state index in [1.54, 1.807) is 0 Å². The minimum absolute atomic E-state index is 0.303. The van der Waals surface area contributed by atoms with E-state index in [1.807, 2.05) is 0 Å². The SMILES string of the molecule is [2H]c1c(F)nc(C(=O)OC([2H])([2H])[2H])c([2H])c1Br. The number of methoxy groups -OCH3 is 1. The van der Waals surface area contributed by atoms with E-state index in [0.717, 1.165) is 0 Å². The summed E-state index contributed by atoms with van der Waals surface area (Å²) in [5.41, 5.74) is -0.804. The molecule has 0 amide bonds. The van der Waals surface area contributed by atoms with Gasteiger partial charge in [0, 0.05) is 10.5 Å². The van der Waals surface area contributed by atoms with Crippen LogP contribution in [0.5, 0.6) is 0 Å². The van der Waals surface area contributed by atoms with Crippen LogP contribution in [0.1, 0.15) is 17.3 Å². The van der Waals surface area contributed by atoms with Crippen molar-refractivity contribution in [2.24, 2.45) is 0 Å². The third kappa shape index (κ3) is 2.01. The van der Waals surface area contributed by atoms with E-state index in [2.05, 4.69) is 25.7 Å². The number of ether oxygens (including phenoxy) is 1. The van der Waals surface area contributed by atoms with E-state index in [4.69, 9.17) is 6.85 Å². The average Bonchev–Trinajstić information content (AvgIpc) is 2.17. The molecule has 3 nitrogen and oxygen atoms in total. The molecule has 0 aliphatic rings. The van der Waals surface area contributed by atoms with Crippen molar-refractivity contribution in [1.29, 1.82) is 0 Å². The minimum Gasteiger partial charge on any atom is -0.464 e. The van der Waals surface area contributed by atoms with Gasteiger partial charge in [-0.3, -0.25) is 0 Å². The predicted octanol–water partition coefficient (Wildman–Crippen LogP) is 1.77. The Kier molecular flexibility index (Phi) is 1.30. The summed E-state index contributed by atoms with van der Waals surface area (Å²) in [4.78, 5) is 14.3. The van der Waals surface area contributed by atoms with Crippen LogP contribution in [0.2, 0.25) is 0 Å². The number of nitrogens with zero attached hydrogens (tertiary/aromatic N) is 1. The van der Waals surface area contributed by atoms with Crippen LogP contribution in [0.15, 0.2) is 16.6 Å². The highest BCUT2D eigenvalue weighted by Gasteiger charge is 2.09. The van der Waals surface area contributed by atoms with Crippen molar-refractivity contribution in [3.05, 3.63) is 28.2 Å². The number of halogens is 2. The quantitative estimate of drug-likeness (QED) is 0.553. The molecule has 1 heterocycles. The minimum atomic E-state index is -3.01. The van der Waals surface area contributed by atoms with Crippen LogP contribution in [0, 0.1) is 5.95 Å². The average molecular weight is 239 g/mol. The van der Waals surface area contributed by atoms with Crippen molar-refractivity contribution in [2.45, 2.75) is 0 Å². The fourth-order valence-corrected chi connectivity index (χ4v) is 0.876. The number of esters is 1. The number of hydrogen-bond donors (Lipinski definition) is 0. The van der Waals surface area contributed by atoms with Crippen LogP contribution in [-0.4, -0.2) is 18.0 Å². The van der Waals surface area contributed by atoms with Crippen molar-refractivity contribution in [3.63, 3.8) is 0 Å². The van der Waals surface area contributed by atoms with Crippen LogP contribution in [0.25, 0.3) is 0 Å². The summed E-state index contributed by atoms with van der Waals surface area (Å²) in [6, 6.07) is -1.30. The van der Waals surface area contributed by atoms with Crippen LogP contribution in [0.4, 0.5) is 4.39 Å². The first-order valence-corrected chi connectivity index (χ1v) is 3.48. The lowest BCUT2D eigenvalue weighted by Crippen LogP contribution is -2.05. The summed E-state index contributed by atoms with van der Waals surface area (Å²) in [7, 11) is -3.01. The van der Waals surface area contributed by atoms with Gasteiger partial charge < -0.3 is 4.74 Å². The highest BCUT2D eigenvalue weighted by atomic mass is 79.9. The number of carbonyl (C=O) groups excluding carboxylic acids is 1. The van der Waals surface area contributed by atoms with Gasteiger partial charge >= 0.3 is 5.97 Å². The van der Waals surface area contributed by atoms with E-state index in [9.17, 15) is 9.18 Å². The molecule has 0 saturated heterocycles. The Balaban J connectivity index is 3.20. The van der Waals surface area contributed by atoms with Gasteiger partial charge in [0.05, 0.1) is 13.9 Å². The van der Waals surface area contributed by atoms with Crippen LogP contribution in [0.3, 0.4) is 0 Å². The number of carbonyl (C=O) groups is 1. The lowest BCUT2D eigenvalue weighted by molar-refractivity contribution is 0.0592. The molecule has 5 heteroatoms. The molecular formula is C7H5BrFNO2. The van der Waals surface area contributed by atoms with Gasteiger partial charge in [-0.25, -0.2) is 9.78 Å². The summed E-state index contributed by atoms with van der Waals surface area (Å²) < 4.78 is 51.3. The monoisotopic (exact) mass is 238 g/mol. The third-order valence-electron chi connectivity index (χ3n) is 0.937. The van der Waals surface area contributed by atoms with Gasteiger partial charge in [-0.05, 0) is 6.04 Å². The Labute approximate surface area is 83.7 Å². The van der Waals surface area contributed by atoms with Gasteiger partial charge in [0.2, 0.25) is 5.95 Å². The molecule has 0 radical (unpaired) electrons. The maximum atomic E-state index is 13.1. The molecule has 0 aromatic carbocycles. The molecule has 0 aliphatic heterocycles. The zero-order chi connectivity index (χ0) is 13.4. The topological polar surface area (TPSA) is 39.2 Å². The van der Waals surface area contributed by atoms with E-state index >= 15 is 0 Å². The van der Waals surface area contributed by atoms with Crippen LogP contribution >= 0.6 is 15.9 Å². The van der Waals surface area contributed by atoms with Gasteiger partial charge in [-0.15, -0.1) is 0 Å². The van der Waals surface area contributed by atoms with Crippen molar-refractivity contribution in [3.8, 4) is 0 Å². The fourth-order valence-electron chi connectivity index (χ4n) is 0.525. The number of rotatable bonds is 1. The zero-order valence-corrected chi connectivity index (χ0v) is 7.11. The normalized spacial score (nSPS) is 16.7. The molecular weight excluding hydrogens is 229 g/mol. The molecule has 0 saturated carbocycles. The van der Waals surface area contributed by atoms with Gasteiger partial charge in [-0.2, -0.15) is 4.39 Å². The molecule has 0 N–H and O–H groups in total. The van der Waals surface area contributed by atoms with Gasteiger partial charge in [-0.1, -0.05) is 15.9 Å². The van der Waals surface area contributed by atoms with Gasteiger partial charge in [0.15, 0.2) is 5.69 Å². The Bertz CT molecular complexity index is 478. The van der Waals surface area contributed by atoms with Gasteiger partial charge in [0.1, 0.15) is 0 Å². The molecule has 0 atom stereocenters. The Hall–Kier alpha value is -0.970. The van der Waals surface area contributed by atoms with Gasteiger partial charge in [0.25, 0.3) is 0 Å². The largest absolute Gasteiger partial charge is 0.464 e. The number of aromatic nitrogens is 1. The summed E-state index contributed by atoms with van der Waals surface area (Å²) in [6.07, 6.45) is 0. The van der Waals surface area contributed by atoms with Crippen molar-refractivity contribution in [2.75, 3.05) is 7.04 Å². The second-order valence-corrected chi connectivity index (χ2v) is 2.50. The zero-order valence-electron chi connectivity index (χ0n) is 10.5. The first kappa shape index (κ1) is 4.32. The van der Waals surface area contributed by atoms with E-state index in [0.29, 0.717) is 0 Å². The lowest BCUT2D eigenvalue weighted by Gasteiger charge is -1.98. The second-order valence-electron chi connectivity index (χ2n) is 1.70. The molecule has 64 valence electrons. The van der Waals surface area contributed by atoms with Crippen LogP contribution < -0.4 is 0 Å². The second kappa shape index (κ2) is 3.62. The maximum Gasteiger partial charge on any atom is 0.356 e. The van der Waals surface area contributed by atoms with E-state index in [-0.39, 0.29) is 4.47 Å². The van der Waals surface area contributed by atoms with Crippen molar-refractivity contribution >= 4 is 21.9 Å². The van der Waals surface area contributed by atoms with E-state index < -0.39 is 36.7 Å². The molecule has 1 rings (SSSR count). The summed E-state index contributed by atoms with van der Waals surface area (Å²) >= 11 is 2.73. The number of hydrogen-bond acceptors (Lipinski definition) is 3. The predicted molar refractivity (Wildman–Crippen MR) is 43.2 cm³/mol. The molecule has 0 bridgehead atoms. The molecule has 1 aromatic heterocycles. The molecule has 0 unspecified atom stereocenters. The van der Waals surface area contributed by atoms with Crippen molar-refractivity contribution < 1.29 is 20.8 Å². The Morgan fingerprint density at radius 3 is 3.33 bits per heavy atom. The number of pyridine rings is 1. The standard InChI is InChI=1S/C7H5BrFNO2/c1-12-7(11)5-2-4(8)3-6(9)10-5/h2-3H,1H3/i1D3,2D,3D. The summed E-state index contributed by atoms with van der Waals surface area (Å²) in [5, 5.41) is 0. The fraction of sp³-hybridized carbons (Fsp3) is 0.143. The molecule has 0 spiro atoms. The molecule has 12 heavy (non-hydrogen) atoms. The van der Waals surface area contributed by atoms with Crippen molar-refractivity contribution in [1.82, 2.24) is 4.98 Å². The third-order valence-corrected chi connectivity index (χ3v) is 1.33. The molecule has 0 aliphatic carbocycles. The Morgan fingerprint density at radius 2 is 2.67 bits per heavy atom. The summed E-state index contributed by atoms with van der Waals surface area (Å²) in [5.74, 6) is -2.75. The Morgan fingerprint density at radius 1 is 1.92 bits per heavy atom.